The van der Waals surface area contributed by atoms with E-state index in [9.17, 15) is 18.4 Å². The number of halogens is 3. The number of benzene rings is 2. The first-order chi connectivity index (χ1) is 11.3. The highest BCUT2D eigenvalue weighted by Gasteiger charge is 2.23. The summed E-state index contributed by atoms with van der Waals surface area (Å²) in [5.74, 6) is -4.23. The first-order valence-electron chi connectivity index (χ1n) is 7.01. The monoisotopic (exact) mass is 353 g/mol. The van der Waals surface area contributed by atoms with Crippen molar-refractivity contribution in [2.45, 2.75) is 19.4 Å². The van der Waals surface area contributed by atoms with Crippen molar-refractivity contribution >= 4 is 23.5 Å². The van der Waals surface area contributed by atoms with Crippen molar-refractivity contribution in [3.63, 3.8) is 0 Å². The topological polar surface area (TPSA) is 66.4 Å². The van der Waals surface area contributed by atoms with E-state index in [1.165, 1.54) is 13.0 Å². The third kappa shape index (κ3) is 4.29. The summed E-state index contributed by atoms with van der Waals surface area (Å²) < 4.78 is 27.8. The minimum absolute atomic E-state index is 0.332. The predicted octanol–water partition coefficient (Wildman–Crippen LogP) is 3.87. The number of carbonyl (C=O) groups is 2. The lowest BCUT2D eigenvalue weighted by molar-refractivity contribution is -0.137. The Labute approximate surface area is 142 Å². The number of carbonyl (C=O) groups excluding carboxylic acids is 1. The molecular formula is C17H14ClF2NO3. The summed E-state index contributed by atoms with van der Waals surface area (Å²) in [7, 11) is 0. The summed E-state index contributed by atoms with van der Waals surface area (Å²) in [6, 6.07) is 7.32. The van der Waals surface area contributed by atoms with Crippen LogP contribution in [-0.2, 0) is 4.79 Å². The Balaban J connectivity index is 2.33. The fourth-order valence-electron chi connectivity index (χ4n) is 2.30. The zero-order valence-electron chi connectivity index (χ0n) is 12.6. The number of carboxylic acid groups (broad SMARTS) is 1. The van der Waals surface area contributed by atoms with Crippen LogP contribution in [0, 0.1) is 18.6 Å². The van der Waals surface area contributed by atoms with Crippen LogP contribution >= 0.6 is 11.6 Å². The van der Waals surface area contributed by atoms with Crippen LogP contribution in [0.5, 0.6) is 0 Å². The standard InChI is InChI=1S/C17H14ClF2NO3/c1-9-5-12(19)16(13(20)6-9)17(24)21-14(8-15(22)23)10-3-2-4-11(18)7-10/h2-7,14H,8H2,1H3,(H,21,24)(H,22,23)/t14-/m1/s1. The Morgan fingerprint density at radius 2 is 1.83 bits per heavy atom. The van der Waals surface area contributed by atoms with Crippen molar-refractivity contribution in [3.8, 4) is 0 Å². The van der Waals surface area contributed by atoms with Crippen molar-refractivity contribution in [1.82, 2.24) is 5.32 Å². The van der Waals surface area contributed by atoms with Crippen LogP contribution in [-0.4, -0.2) is 17.0 Å². The molecule has 126 valence electrons. The predicted molar refractivity (Wildman–Crippen MR) is 85.0 cm³/mol. The molecule has 0 spiro atoms. The van der Waals surface area contributed by atoms with E-state index in [1.54, 1.807) is 18.2 Å². The molecule has 4 nitrogen and oxygen atoms in total. The van der Waals surface area contributed by atoms with Gasteiger partial charge in [0.1, 0.15) is 17.2 Å². The molecule has 2 N–H and O–H groups in total. The van der Waals surface area contributed by atoms with Crippen LogP contribution < -0.4 is 5.32 Å². The van der Waals surface area contributed by atoms with Crippen LogP contribution in [0.25, 0.3) is 0 Å². The number of aliphatic carboxylic acids is 1. The quantitative estimate of drug-likeness (QED) is 0.857. The van der Waals surface area contributed by atoms with Gasteiger partial charge in [-0.25, -0.2) is 8.78 Å². The number of nitrogens with one attached hydrogen (secondary N) is 1. The van der Waals surface area contributed by atoms with Gasteiger partial charge in [0.25, 0.3) is 5.91 Å². The fourth-order valence-corrected chi connectivity index (χ4v) is 2.50. The molecule has 2 rings (SSSR count). The number of hydrogen-bond acceptors (Lipinski definition) is 2. The maximum Gasteiger partial charge on any atom is 0.305 e. The van der Waals surface area contributed by atoms with Gasteiger partial charge in [-0.15, -0.1) is 0 Å². The third-order valence-corrected chi connectivity index (χ3v) is 3.58. The largest absolute Gasteiger partial charge is 0.481 e. The normalized spacial score (nSPS) is 11.8. The molecule has 0 unspecified atom stereocenters. The summed E-state index contributed by atoms with van der Waals surface area (Å²) in [5, 5.41) is 11.7. The van der Waals surface area contributed by atoms with Gasteiger partial charge in [0.15, 0.2) is 0 Å². The molecule has 0 saturated heterocycles. The lowest BCUT2D eigenvalue weighted by atomic mass is 10.0. The van der Waals surface area contributed by atoms with Gasteiger partial charge in [0.2, 0.25) is 0 Å². The molecule has 0 radical (unpaired) electrons. The summed E-state index contributed by atoms with van der Waals surface area (Å²) in [5.41, 5.74) is 0.00247. The fraction of sp³-hybridized carbons (Fsp3) is 0.176. The minimum Gasteiger partial charge on any atom is -0.481 e. The van der Waals surface area contributed by atoms with E-state index in [0.717, 1.165) is 12.1 Å². The van der Waals surface area contributed by atoms with E-state index in [2.05, 4.69) is 5.32 Å². The molecular weight excluding hydrogens is 340 g/mol. The SMILES string of the molecule is Cc1cc(F)c(C(=O)N[C@H](CC(=O)O)c2cccc(Cl)c2)c(F)c1. The van der Waals surface area contributed by atoms with E-state index in [4.69, 9.17) is 16.7 Å². The third-order valence-electron chi connectivity index (χ3n) is 3.35. The number of hydrogen-bond donors (Lipinski definition) is 2. The van der Waals surface area contributed by atoms with Gasteiger partial charge in [0, 0.05) is 5.02 Å². The van der Waals surface area contributed by atoms with Crippen LogP contribution in [0.15, 0.2) is 36.4 Å². The zero-order valence-corrected chi connectivity index (χ0v) is 13.4. The summed E-state index contributed by atoms with van der Waals surface area (Å²) in [6.45, 7) is 1.49. The number of amides is 1. The maximum absolute atomic E-state index is 13.9. The first-order valence-corrected chi connectivity index (χ1v) is 7.39. The van der Waals surface area contributed by atoms with Gasteiger partial charge in [-0.3, -0.25) is 9.59 Å². The summed E-state index contributed by atoms with van der Waals surface area (Å²) in [6.07, 6.45) is -0.457. The second-order valence-electron chi connectivity index (χ2n) is 5.28. The minimum atomic E-state index is -1.18. The highest BCUT2D eigenvalue weighted by atomic mass is 35.5. The molecule has 24 heavy (non-hydrogen) atoms. The van der Waals surface area contributed by atoms with Crippen LogP contribution in [0.1, 0.15) is 33.9 Å². The van der Waals surface area contributed by atoms with Gasteiger partial charge in [0.05, 0.1) is 12.5 Å². The average Bonchev–Trinajstić information content (AvgIpc) is 2.44. The number of aryl methyl sites for hydroxylation is 1. The molecule has 2 aromatic rings. The van der Waals surface area contributed by atoms with Gasteiger partial charge < -0.3 is 10.4 Å². The Hall–Kier alpha value is -2.47. The molecule has 0 fully saturated rings. The van der Waals surface area contributed by atoms with E-state index in [0.29, 0.717) is 16.1 Å². The summed E-state index contributed by atoms with van der Waals surface area (Å²) in [4.78, 5) is 23.3. The molecule has 0 aliphatic carbocycles. The van der Waals surface area contributed by atoms with Crippen molar-refractivity contribution < 1.29 is 23.5 Å². The molecule has 0 aliphatic heterocycles. The molecule has 7 heteroatoms. The highest BCUT2D eigenvalue weighted by molar-refractivity contribution is 6.30. The number of carboxylic acids is 1. The summed E-state index contributed by atoms with van der Waals surface area (Å²) >= 11 is 5.87. The Bertz CT molecular complexity index is 772. The van der Waals surface area contributed by atoms with Crippen LogP contribution in [0.3, 0.4) is 0 Å². The Morgan fingerprint density at radius 3 is 2.38 bits per heavy atom. The smallest absolute Gasteiger partial charge is 0.305 e. The molecule has 0 aliphatic rings. The lowest BCUT2D eigenvalue weighted by Gasteiger charge is -2.18. The molecule has 0 heterocycles. The van der Waals surface area contributed by atoms with Crippen molar-refractivity contribution in [2.75, 3.05) is 0 Å². The van der Waals surface area contributed by atoms with E-state index < -0.39 is 41.5 Å². The second kappa shape index (κ2) is 7.40. The second-order valence-corrected chi connectivity index (χ2v) is 5.72. The molecule has 0 aromatic heterocycles. The lowest BCUT2D eigenvalue weighted by Crippen LogP contribution is -2.31. The molecule has 2 aromatic carbocycles. The Kier molecular flexibility index (Phi) is 5.51. The van der Waals surface area contributed by atoms with Crippen molar-refractivity contribution in [2.24, 2.45) is 0 Å². The molecule has 0 saturated carbocycles. The first kappa shape index (κ1) is 17.9. The van der Waals surface area contributed by atoms with Gasteiger partial charge in [-0.1, -0.05) is 23.7 Å². The molecule has 1 amide bonds. The van der Waals surface area contributed by atoms with Crippen LogP contribution in [0.4, 0.5) is 8.78 Å². The van der Waals surface area contributed by atoms with Crippen molar-refractivity contribution in [1.29, 1.82) is 0 Å². The number of rotatable bonds is 5. The molecule has 1 atom stereocenters. The highest BCUT2D eigenvalue weighted by Crippen LogP contribution is 2.22. The average molecular weight is 354 g/mol. The van der Waals surface area contributed by atoms with Gasteiger partial charge >= 0.3 is 5.97 Å². The van der Waals surface area contributed by atoms with Gasteiger partial charge in [-0.2, -0.15) is 0 Å². The van der Waals surface area contributed by atoms with E-state index >= 15 is 0 Å². The van der Waals surface area contributed by atoms with E-state index in [1.807, 2.05) is 0 Å². The van der Waals surface area contributed by atoms with Gasteiger partial charge in [-0.05, 0) is 42.3 Å². The van der Waals surface area contributed by atoms with Crippen LogP contribution in [0.2, 0.25) is 5.02 Å². The Morgan fingerprint density at radius 1 is 1.21 bits per heavy atom. The zero-order chi connectivity index (χ0) is 17.9. The maximum atomic E-state index is 13.9. The molecule has 0 bridgehead atoms. The van der Waals surface area contributed by atoms with Crippen molar-refractivity contribution in [3.05, 3.63) is 69.7 Å². The van der Waals surface area contributed by atoms with E-state index in [-0.39, 0.29) is 0 Å².